The third kappa shape index (κ3) is 4.36. The second-order valence-corrected chi connectivity index (χ2v) is 7.79. The number of aryl methyl sites for hydroxylation is 1. The number of hydrogen-bond acceptors (Lipinski definition) is 6. The van der Waals surface area contributed by atoms with E-state index in [-0.39, 0.29) is 5.91 Å². The normalized spacial score (nSPS) is 14.3. The zero-order valence-corrected chi connectivity index (χ0v) is 17.3. The highest BCUT2D eigenvalue weighted by molar-refractivity contribution is 7.80. The monoisotopic (exact) mass is 425 g/mol. The van der Waals surface area contributed by atoms with Crippen LogP contribution in [0.2, 0.25) is 0 Å². The molecule has 0 atom stereocenters. The van der Waals surface area contributed by atoms with Gasteiger partial charge in [-0.2, -0.15) is 5.10 Å². The lowest BCUT2D eigenvalue weighted by atomic mass is 9.93. The van der Waals surface area contributed by atoms with E-state index >= 15 is 0 Å². The topological polar surface area (TPSA) is 91.6 Å². The standard InChI is InChI=1S/C20H19N5O2S2/c1-12-16-14(24-25-19(28)22-13-6-3-2-4-7-13)8-5-9-15(16)27-17(12)18(26)23-20-21-10-11-29-20/h2-4,6-7,10-11H,5,8-9H2,1H3,(H,21,23,26)(H2,22,25,28)/b24-14+. The van der Waals surface area contributed by atoms with Crippen LogP contribution >= 0.6 is 23.6 Å². The van der Waals surface area contributed by atoms with Gasteiger partial charge in [-0.3, -0.25) is 15.5 Å². The number of carbonyl (C=O) groups is 1. The Balaban J connectivity index is 1.51. The highest BCUT2D eigenvalue weighted by Gasteiger charge is 2.28. The second kappa shape index (κ2) is 8.54. The summed E-state index contributed by atoms with van der Waals surface area (Å²) in [4.78, 5) is 16.7. The molecule has 4 rings (SSSR count). The van der Waals surface area contributed by atoms with Crippen LogP contribution in [0.5, 0.6) is 0 Å². The van der Waals surface area contributed by atoms with Crippen molar-refractivity contribution in [1.82, 2.24) is 10.4 Å². The molecule has 0 saturated carbocycles. The third-order valence-electron chi connectivity index (χ3n) is 4.51. The molecule has 29 heavy (non-hydrogen) atoms. The van der Waals surface area contributed by atoms with Crippen LogP contribution in [0.3, 0.4) is 0 Å². The number of furan rings is 1. The second-order valence-electron chi connectivity index (χ2n) is 6.49. The minimum atomic E-state index is -0.305. The Bertz CT molecular complexity index is 1060. The van der Waals surface area contributed by atoms with E-state index in [1.165, 1.54) is 11.3 Å². The highest BCUT2D eigenvalue weighted by Crippen LogP contribution is 2.30. The van der Waals surface area contributed by atoms with E-state index in [9.17, 15) is 4.79 Å². The molecule has 1 aliphatic carbocycles. The lowest BCUT2D eigenvalue weighted by Crippen LogP contribution is -2.26. The summed E-state index contributed by atoms with van der Waals surface area (Å²) in [6.45, 7) is 1.88. The fourth-order valence-electron chi connectivity index (χ4n) is 3.23. The first-order valence-corrected chi connectivity index (χ1v) is 10.4. The predicted molar refractivity (Wildman–Crippen MR) is 119 cm³/mol. The first kappa shape index (κ1) is 19.3. The van der Waals surface area contributed by atoms with Crippen molar-refractivity contribution in [2.45, 2.75) is 26.2 Å². The van der Waals surface area contributed by atoms with E-state index in [1.54, 1.807) is 11.6 Å². The maximum absolute atomic E-state index is 12.6. The van der Waals surface area contributed by atoms with E-state index in [4.69, 9.17) is 16.6 Å². The third-order valence-corrected chi connectivity index (χ3v) is 5.39. The molecule has 0 spiro atoms. The number of thiazole rings is 1. The van der Waals surface area contributed by atoms with Crippen molar-refractivity contribution < 1.29 is 9.21 Å². The summed E-state index contributed by atoms with van der Waals surface area (Å²) in [5.74, 6) is 0.769. The quantitative estimate of drug-likeness (QED) is 0.426. The van der Waals surface area contributed by atoms with Gasteiger partial charge in [-0.05, 0) is 44.1 Å². The van der Waals surface area contributed by atoms with E-state index in [0.29, 0.717) is 16.0 Å². The minimum absolute atomic E-state index is 0.296. The van der Waals surface area contributed by atoms with Crippen LogP contribution in [0.15, 0.2) is 51.4 Å². The Morgan fingerprint density at radius 3 is 2.83 bits per heavy atom. The van der Waals surface area contributed by atoms with E-state index in [2.05, 4.69) is 26.1 Å². The zero-order chi connectivity index (χ0) is 20.2. The number of rotatable bonds is 4. The Hall–Kier alpha value is -3.04. The predicted octanol–water partition coefficient (Wildman–Crippen LogP) is 4.32. The first-order chi connectivity index (χ1) is 14.1. The molecule has 0 saturated heterocycles. The Morgan fingerprint density at radius 2 is 2.07 bits per heavy atom. The van der Waals surface area contributed by atoms with Gasteiger partial charge in [-0.1, -0.05) is 18.2 Å². The van der Waals surface area contributed by atoms with E-state index in [0.717, 1.165) is 47.5 Å². The average Bonchev–Trinajstić information content (AvgIpc) is 3.35. The number of hydrazone groups is 1. The molecule has 0 radical (unpaired) electrons. The number of anilines is 2. The number of carbonyl (C=O) groups excluding carboxylic acids is 1. The van der Waals surface area contributed by atoms with Gasteiger partial charge in [-0.25, -0.2) is 4.98 Å². The summed E-state index contributed by atoms with van der Waals surface area (Å²) in [5, 5.41) is 13.1. The number of amides is 1. The maximum atomic E-state index is 12.6. The van der Waals surface area contributed by atoms with Gasteiger partial charge in [0, 0.05) is 34.8 Å². The largest absolute Gasteiger partial charge is 0.455 e. The van der Waals surface area contributed by atoms with E-state index in [1.807, 2.05) is 37.3 Å². The summed E-state index contributed by atoms with van der Waals surface area (Å²) < 4.78 is 5.89. The van der Waals surface area contributed by atoms with Crippen LogP contribution in [0.25, 0.3) is 0 Å². The minimum Gasteiger partial charge on any atom is -0.455 e. The summed E-state index contributed by atoms with van der Waals surface area (Å²) in [6, 6.07) is 9.64. The number of fused-ring (bicyclic) bond motifs is 1. The number of nitrogens with one attached hydrogen (secondary N) is 3. The van der Waals surface area contributed by atoms with Gasteiger partial charge < -0.3 is 9.73 Å². The van der Waals surface area contributed by atoms with Gasteiger partial charge in [-0.15, -0.1) is 11.3 Å². The van der Waals surface area contributed by atoms with Crippen molar-refractivity contribution in [3.05, 3.63) is 64.6 Å². The molecule has 9 heteroatoms. The zero-order valence-electron chi connectivity index (χ0n) is 15.7. The van der Waals surface area contributed by atoms with Crippen molar-refractivity contribution in [3.8, 4) is 0 Å². The van der Waals surface area contributed by atoms with Crippen LogP contribution in [-0.2, 0) is 6.42 Å². The fraction of sp³-hybridized carbons (Fsp3) is 0.200. The number of para-hydroxylation sites is 1. The average molecular weight is 426 g/mol. The number of thiocarbonyl (C=S) groups is 1. The SMILES string of the molecule is Cc1c(C(=O)Nc2nccs2)oc2c1/C(=N/NC(=S)Nc1ccccc1)CCC2. The van der Waals surface area contributed by atoms with Crippen LogP contribution in [0.1, 0.15) is 40.3 Å². The molecular formula is C20H19N5O2S2. The van der Waals surface area contributed by atoms with Crippen molar-refractivity contribution in [2.24, 2.45) is 5.10 Å². The highest BCUT2D eigenvalue weighted by atomic mass is 32.1. The molecule has 3 N–H and O–H groups in total. The molecule has 0 aliphatic heterocycles. The molecule has 0 unspecified atom stereocenters. The molecule has 1 aliphatic rings. The lowest BCUT2D eigenvalue weighted by molar-refractivity contribution is 0.0994. The summed E-state index contributed by atoms with van der Waals surface area (Å²) in [5.41, 5.74) is 6.28. The molecule has 3 aromatic rings. The molecule has 1 amide bonds. The van der Waals surface area contributed by atoms with Gasteiger partial charge in [0.2, 0.25) is 0 Å². The Kier molecular flexibility index (Phi) is 5.68. The van der Waals surface area contributed by atoms with Crippen LogP contribution in [-0.4, -0.2) is 21.7 Å². The molecule has 2 heterocycles. The summed E-state index contributed by atoms with van der Waals surface area (Å²) in [7, 11) is 0. The number of hydrogen-bond donors (Lipinski definition) is 3. The number of aromatic nitrogens is 1. The van der Waals surface area contributed by atoms with Crippen LogP contribution in [0, 0.1) is 6.92 Å². The summed E-state index contributed by atoms with van der Waals surface area (Å²) in [6.07, 6.45) is 4.09. The summed E-state index contributed by atoms with van der Waals surface area (Å²) >= 11 is 6.68. The smallest absolute Gasteiger partial charge is 0.293 e. The van der Waals surface area contributed by atoms with Crippen molar-refractivity contribution in [1.29, 1.82) is 0 Å². The van der Waals surface area contributed by atoms with Gasteiger partial charge in [0.25, 0.3) is 5.91 Å². The molecule has 2 aromatic heterocycles. The first-order valence-electron chi connectivity index (χ1n) is 9.14. The van der Waals surface area contributed by atoms with Crippen molar-refractivity contribution in [3.63, 3.8) is 0 Å². The van der Waals surface area contributed by atoms with E-state index < -0.39 is 0 Å². The van der Waals surface area contributed by atoms with Crippen molar-refractivity contribution in [2.75, 3.05) is 10.6 Å². The Morgan fingerprint density at radius 1 is 1.24 bits per heavy atom. The van der Waals surface area contributed by atoms with Gasteiger partial charge in [0.05, 0.1) is 5.71 Å². The van der Waals surface area contributed by atoms with Gasteiger partial charge >= 0.3 is 0 Å². The van der Waals surface area contributed by atoms with Crippen LogP contribution < -0.4 is 16.1 Å². The molecule has 148 valence electrons. The molecule has 0 bridgehead atoms. The Labute approximate surface area is 177 Å². The number of nitrogens with zero attached hydrogens (tertiary/aromatic N) is 2. The fourth-order valence-corrected chi connectivity index (χ4v) is 3.92. The van der Waals surface area contributed by atoms with Crippen LogP contribution in [0.4, 0.5) is 10.8 Å². The molecule has 7 nitrogen and oxygen atoms in total. The molecule has 1 aromatic carbocycles. The van der Waals surface area contributed by atoms with Crippen molar-refractivity contribution >= 4 is 51.1 Å². The van der Waals surface area contributed by atoms with Gasteiger partial charge in [0.15, 0.2) is 16.0 Å². The maximum Gasteiger partial charge on any atom is 0.293 e. The lowest BCUT2D eigenvalue weighted by Gasteiger charge is -2.14. The van der Waals surface area contributed by atoms with Gasteiger partial charge in [0.1, 0.15) is 5.76 Å². The molecule has 0 fully saturated rings. The number of benzene rings is 1. The molecular weight excluding hydrogens is 406 g/mol.